The first-order valence-corrected chi connectivity index (χ1v) is 11.8. The predicted molar refractivity (Wildman–Crippen MR) is 136 cm³/mol. The Hall–Kier alpha value is -3.33. The predicted octanol–water partition coefficient (Wildman–Crippen LogP) is 4.19. The number of pyridine rings is 1. The molecule has 1 atom stereocenters. The number of carbonyl (C=O) groups excluding carboxylic acids is 2. The maximum Gasteiger partial charge on any atom is 0.255 e. The molecule has 8 nitrogen and oxygen atoms in total. The van der Waals surface area contributed by atoms with E-state index in [1.807, 2.05) is 30.3 Å². The molecule has 1 aromatic heterocycles. The largest absolute Gasteiger partial charge is 0.505 e. The lowest BCUT2D eigenvalue weighted by Gasteiger charge is -2.20. The van der Waals surface area contributed by atoms with Gasteiger partial charge in [-0.3, -0.25) is 9.59 Å². The number of phenols is 1. The van der Waals surface area contributed by atoms with Crippen LogP contribution in [0.2, 0.25) is 10.0 Å². The summed E-state index contributed by atoms with van der Waals surface area (Å²) in [6, 6.07) is 14.6. The molecule has 2 aromatic carbocycles. The Morgan fingerprint density at radius 1 is 1.09 bits per heavy atom. The summed E-state index contributed by atoms with van der Waals surface area (Å²) in [4.78, 5) is 30.2. The van der Waals surface area contributed by atoms with E-state index in [4.69, 9.17) is 33.7 Å². The molecule has 0 aliphatic rings. The van der Waals surface area contributed by atoms with Gasteiger partial charge in [-0.15, -0.1) is 0 Å². The number of anilines is 1. The van der Waals surface area contributed by atoms with Crippen molar-refractivity contribution >= 4 is 40.8 Å². The van der Waals surface area contributed by atoms with Crippen LogP contribution < -0.4 is 21.1 Å². The second-order valence-corrected chi connectivity index (χ2v) is 8.45. The zero-order valence-corrected chi connectivity index (χ0v) is 20.4. The maximum atomic E-state index is 13.1. The minimum absolute atomic E-state index is 0.0586. The van der Waals surface area contributed by atoms with Crippen LogP contribution in [0.15, 0.2) is 60.8 Å². The Kier molecular flexibility index (Phi) is 9.72. The molecule has 35 heavy (non-hydrogen) atoms. The van der Waals surface area contributed by atoms with Gasteiger partial charge >= 0.3 is 0 Å². The number of benzene rings is 2. The second kappa shape index (κ2) is 12.9. The summed E-state index contributed by atoms with van der Waals surface area (Å²) in [5.74, 6) is -1.27. The van der Waals surface area contributed by atoms with Crippen LogP contribution in [0.4, 0.5) is 5.82 Å². The summed E-state index contributed by atoms with van der Waals surface area (Å²) in [5, 5.41) is 15.8. The average molecular weight is 517 g/mol. The molecule has 2 amide bonds. The quantitative estimate of drug-likeness (QED) is 0.283. The molecule has 0 unspecified atom stereocenters. The summed E-state index contributed by atoms with van der Waals surface area (Å²) in [7, 11) is 0. The zero-order valence-electron chi connectivity index (χ0n) is 18.8. The van der Waals surface area contributed by atoms with E-state index < -0.39 is 23.6 Å². The fourth-order valence-corrected chi connectivity index (χ4v) is 3.83. The van der Waals surface area contributed by atoms with Crippen LogP contribution in [0.1, 0.15) is 28.8 Å². The molecule has 0 saturated carbocycles. The van der Waals surface area contributed by atoms with E-state index >= 15 is 0 Å². The van der Waals surface area contributed by atoms with Crippen molar-refractivity contribution in [2.45, 2.75) is 25.3 Å². The van der Waals surface area contributed by atoms with E-state index in [0.717, 1.165) is 12.0 Å². The topological polar surface area (TPSA) is 127 Å². The second-order valence-electron chi connectivity index (χ2n) is 7.66. The number of halogens is 2. The fourth-order valence-electron chi connectivity index (χ4n) is 3.26. The van der Waals surface area contributed by atoms with Crippen molar-refractivity contribution in [1.82, 2.24) is 10.3 Å². The van der Waals surface area contributed by atoms with Crippen molar-refractivity contribution in [3.63, 3.8) is 0 Å². The summed E-state index contributed by atoms with van der Waals surface area (Å²) < 4.78 is 5.57. The van der Waals surface area contributed by atoms with Gasteiger partial charge in [0.1, 0.15) is 16.9 Å². The number of ether oxygens (including phenoxy) is 1. The van der Waals surface area contributed by atoms with E-state index in [1.54, 1.807) is 24.4 Å². The molecule has 10 heteroatoms. The number of carbonyl (C=O) groups is 2. The van der Waals surface area contributed by atoms with Crippen LogP contribution >= 0.6 is 23.2 Å². The van der Waals surface area contributed by atoms with Gasteiger partial charge in [0.2, 0.25) is 5.91 Å². The van der Waals surface area contributed by atoms with E-state index in [9.17, 15) is 14.7 Å². The lowest BCUT2D eigenvalue weighted by Crippen LogP contribution is -2.45. The number of hydrogen-bond acceptors (Lipinski definition) is 6. The number of nitrogens with zero attached hydrogens (tertiary/aromatic N) is 1. The van der Waals surface area contributed by atoms with Crippen molar-refractivity contribution < 1.29 is 19.4 Å². The zero-order chi connectivity index (χ0) is 25.2. The first-order chi connectivity index (χ1) is 16.9. The summed E-state index contributed by atoms with van der Waals surface area (Å²) in [6.45, 7) is 0.821. The Bertz CT molecular complexity index is 1150. The molecule has 184 valence electrons. The van der Waals surface area contributed by atoms with Crippen molar-refractivity contribution in [2.24, 2.45) is 5.73 Å². The van der Waals surface area contributed by atoms with E-state index in [2.05, 4.69) is 15.6 Å². The van der Waals surface area contributed by atoms with Gasteiger partial charge in [-0.05, 0) is 43.1 Å². The summed E-state index contributed by atoms with van der Waals surface area (Å²) >= 11 is 12.5. The van der Waals surface area contributed by atoms with Crippen molar-refractivity contribution in [1.29, 1.82) is 0 Å². The normalized spacial score (nSPS) is 11.5. The van der Waals surface area contributed by atoms with Gasteiger partial charge in [-0.2, -0.15) is 0 Å². The number of amides is 2. The molecule has 0 saturated heterocycles. The van der Waals surface area contributed by atoms with Gasteiger partial charge in [0.25, 0.3) is 5.91 Å². The van der Waals surface area contributed by atoms with Crippen molar-refractivity contribution in [3.8, 4) is 11.5 Å². The summed E-state index contributed by atoms with van der Waals surface area (Å²) in [6.07, 6.45) is 3.18. The average Bonchev–Trinajstić information content (AvgIpc) is 2.86. The Morgan fingerprint density at radius 3 is 2.51 bits per heavy atom. The number of phenolic OH excluding ortho intramolecular Hbond substituents is 1. The Labute approximate surface area is 213 Å². The first kappa shape index (κ1) is 26.3. The van der Waals surface area contributed by atoms with E-state index in [1.165, 1.54) is 6.07 Å². The number of nitrogens with one attached hydrogen (secondary N) is 2. The fraction of sp³-hybridized carbons (Fsp3) is 0.240. The molecule has 0 aliphatic carbocycles. The van der Waals surface area contributed by atoms with Crippen LogP contribution in [0.3, 0.4) is 0 Å². The monoisotopic (exact) mass is 516 g/mol. The number of aromatic hydroxyl groups is 1. The standard InChI is InChI=1S/C25H26Cl2N4O4/c26-18-15-17(22(32)21(27)23(18)35-13-7-5-11-28)24(33)30-19(14-16-8-2-1-3-9-16)25(34)31-20-10-4-6-12-29-20/h1-4,6,8-10,12,15,19,32H,5,7,11,13-14,28H2,(H,30,33)(H,29,31,34)/t19-/m0/s1. The molecule has 0 spiro atoms. The molecular formula is C25H26Cl2N4O4. The first-order valence-electron chi connectivity index (χ1n) is 11.0. The van der Waals surface area contributed by atoms with Crippen LogP contribution in [0, 0.1) is 0 Å². The van der Waals surface area contributed by atoms with Crippen molar-refractivity contribution in [2.75, 3.05) is 18.5 Å². The third kappa shape index (κ3) is 7.32. The van der Waals surface area contributed by atoms with Gasteiger partial charge in [0.15, 0.2) is 11.5 Å². The molecule has 3 rings (SSSR count). The van der Waals surface area contributed by atoms with Crippen LogP contribution in [-0.2, 0) is 11.2 Å². The number of aromatic nitrogens is 1. The van der Waals surface area contributed by atoms with Crippen LogP contribution in [0.5, 0.6) is 11.5 Å². The lowest BCUT2D eigenvalue weighted by molar-refractivity contribution is -0.118. The molecule has 5 N–H and O–H groups in total. The van der Waals surface area contributed by atoms with Gasteiger partial charge in [0, 0.05) is 12.6 Å². The molecule has 0 radical (unpaired) electrons. The number of hydrogen-bond donors (Lipinski definition) is 4. The number of unbranched alkanes of at least 4 members (excludes halogenated alkanes) is 1. The molecule has 0 bridgehead atoms. The SMILES string of the molecule is NCCCCOc1c(Cl)cc(C(=O)N[C@@H](Cc2ccccc2)C(=O)Nc2ccccn2)c(O)c1Cl. The third-order valence-corrected chi connectivity index (χ3v) is 5.69. The molecule has 0 fully saturated rings. The van der Waals surface area contributed by atoms with E-state index in [0.29, 0.717) is 25.4 Å². The van der Waals surface area contributed by atoms with Gasteiger partial charge in [-0.25, -0.2) is 4.98 Å². The van der Waals surface area contributed by atoms with Crippen LogP contribution in [0.25, 0.3) is 0 Å². The minimum Gasteiger partial charge on any atom is -0.505 e. The molecule has 3 aromatic rings. The van der Waals surface area contributed by atoms with Gasteiger partial charge in [0.05, 0.1) is 17.2 Å². The number of nitrogens with two attached hydrogens (primary N) is 1. The Morgan fingerprint density at radius 2 is 1.83 bits per heavy atom. The Balaban J connectivity index is 1.81. The number of rotatable bonds is 11. The van der Waals surface area contributed by atoms with E-state index in [-0.39, 0.29) is 27.8 Å². The van der Waals surface area contributed by atoms with Crippen molar-refractivity contribution in [3.05, 3.63) is 82.0 Å². The molecular weight excluding hydrogens is 491 g/mol. The smallest absolute Gasteiger partial charge is 0.255 e. The van der Waals surface area contributed by atoms with Gasteiger partial charge < -0.3 is 26.2 Å². The minimum atomic E-state index is -0.976. The highest BCUT2D eigenvalue weighted by Crippen LogP contribution is 2.42. The van der Waals surface area contributed by atoms with Crippen LogP contribution in [-0.4, -0.2) is 41.1 Å². The maximum absolute atomic E-state index is 13.1. The highest BCUT2D eigenvalue weighted by Gasteiger charge is 2.26. The lowest BCUT2D eigenvalue weighted by atomic mass is 10.0. The third-order valence-electron chi connectivity index (χ3n) is 5.06. The van der Waals surface area contributed by atoms with Gasteiger partial charge in [-0.1, -0.05) is 59.6 Å². The highest BCUT2D eigenvalue weighted by molar-refractivity contribution is 6.39. The summed E-state index contributed by atoms with van der Waals surface area (Å²) in [5.41, 5.74) is 6.12. The highest BCUT2D eigenvalue weighted by atomic mass is 35.5. The molecule has 1 heterocycles. The molecule has 0 aliphatic heterocycles.